The van der Waals surface area contributed by atoms with Crippen molar-refractivity contribution in [2.24, 2.45) is 0 Å². The van der Waals surface area contributed by atoms with Crippen molar-refractivity contribution in [3.05, 3.63) is 32.6 Å². The number of hydrogen-bond donors (Lipinski definition) is 2. The first kappa shape index (κ1) is 10.2. The molecule has 0 amide bonds. The zero-order valence-corrected chi connectivity index (χ0v) is 7.61. The summed E-state index contributed by atoms with van der Waals surface area (Å²) in [6, 6.07) is 0. The maximum Gasteiger partial charge on any atom is 0.328 e. The van der Waals surface area contributed by atoms with Gasteiger partial charge in [-0.25, -0.2) is 4.79 Å². The monoisotopic (exact) mass is 198 g/mol. The largest absolute Gasteiger partial charge is 0.481 e. The van der Waals surface area contributed by atoms with Gasteiger partial charge in [0.1, 0.15) is 0 Å². The van der Waals surface area contributed by atoms with Crippen LogP contribution in [-0.4, -0.2) is 20.6 Å². The van der Waals surface area contributed by atoms with Crippen LogP contribution >= 0.6 is 0 Å². The lowest BCUT2D eigenvalue weighted by Gasteiger charge is -2.01. The summed E-state index contributed by atoms with van der Waals surface area (Å²) < 4.78 is 0.957. The predicted molar refractivity (Wildman–Crippen MR) is 48.3 cm³/mol. The Balaban J connectivity index is 3.29. The van der Waals surface area contributed by atoms with Crippen molar-refractivity contribution in [1.82, 2.24) is 9.55 Å². The molecule has 14 heavy (non-hydrogen) atoms. The average molecular weight is 198 g/mol. The smallest absolute Gasteiger partial charge is 0.328 e. The maximum atomic E-state index is 11.4. The van der Waals surface area contributed by atoms with E-state index in [9.17, 15) is 14.4 Å². The Morgan fingerprint density at radius 2 is 2.21 bits per heavy atom. The summed E-state index contributed by atoms with van der Waals surface area (Å²) in [6.07, 6.45) is 0.764. The zero-order chi connectivity index (χ0) is 10.7. The number of rotatable bonds is 3. The third-order valence-electron chi connectivity index (χ3n) is 1.79. The molecule has 2 N–H and O–H groups in total. The van der Waals surface area contributed by atoms with E-state index in [0.29, 0.717) is 0 Å². The Hall–Kier alpha value is -1.85. The van der Waals surface area contributed by atoms with Gasteiger partial charge in [0, 0.05) is 18.3 Å². The van der Waals surface area contributed by atoms with E-state index in [1.165, 1.54) is 0 Å². The van der Waals surface area contributed by atoms with Crippen LogP contribution in [0.25, 0.3) is 0 Å². The van der Waals surface area contributed by atoms with Crippen LogP contribution in [0.1, 0.15) is 12.5 Å². The molecule has 6 nitrogen and oxygen atoms in total. The fourth-order valence-electron chi connectivity index (χ4n) is 1.13. The summed E-state index contributed by atoms with van der Waals surface area (Å²) in [6.45, 7) is 1.86. The van der Waals surface area contributed by atoms with Crippen LogP contribution < -0.4 is 11.2 Å². The minimum absolute atomic E-state index is 0.0824. The summed E-state index contributed by atoms with van der Waals surface area (Å²) >= 11 is 0. The molecule has 0 unspecified atom stereocenters. The molecular weight excluding hydrogens is 188 g/mol. The van der Waals surface area contributed by atoms with Gasteiger partial charge in [0.05, 0.1) is 6.42 Å². The van der Waals surface area contributed by atoms with Crippen molar-refractivity contribution in [3.8, 4) is 0 Å². The number of aromatic nitrogens is 2. The number of carboxylic acids is 1. The van der Waals surface area contributed by atoms with Gasteiger partial charge in [-0.3, -0.25) is 14.2 Å². The van der Waals surface area contributed by atoms with Crippen molar-refractivity contribution >= 4 is 5.97 Å². The summed E-state index contributed by atoms with van der Waals surface area (Å²) in [4.78, 5) is 35.2. The number of aliphatic carboxylic acids is 1. The molecule has 1 aromatic heterocycles. The van der Waals surface area contributed by atoms with Crippen LogP contribution in [0.3, 0.4) is 0 Å². The van der Waals surface area contributed by atoms with E-state index in [1.54, 1.807) is 6.92 Å². The molecule has 6 heteroatoms. The number of carboxylic acid groups (broad SMARTS) is 1. The third-order valence-corrected chi connectivity index (χ3v) is 1.79. The molecule has 0 saturated heterocycles. The zero-order valence-electron chi connectivity index (χ0n) is 7.61. The Morgan fingerprint density at radius 3 is 2.71 bits per heavy atom. The van der Waals surface area contributed by atoms with Gasteiger partial charge in [-0.2, -0.15) is 0 Å². The summed E-state index contributed by atoms with van der Waals surface area (Å²) in [5.74, 6) is -1.10. The van der Waals surface area contributed by atoms with Crippen LogP contribution in [-0.2, 0) is 17.8 Å². The third kappa shape index (κ3) is 1.90. The second kappa shape index (κ2) is 3.91. The van der Waals surface area contributed by atoms with Gasteiger partial charge >= 0.3 is 11.7 Å². The number of carbonyl (C=O) groups is 1. The minimum atomic E-state index is -1.10. The van der Waals surface area contributed by atoms with Gasteiger partial charge in [0.25, 0.3) is 5.56 Å². The molecule has 1 heterocycles. The van der Waals surface area contributed by atoms with Gasteiger partial charge in [0.15, 0.2) is 0 Å². The van der Waals surface area contributed by atoms with Crippen LogP contribution in [0, 0.1) is 0 Å². The first-order valence-corrected chi connectivity index (χ1v) is 4.09. The number of H-pyrrole nitrogens is 1. The first-order chi connectivity index (χ1) is 6.56. The van der Waals surface area contributed by atoms with E-state index in [-0.39, 0.29) is 18.5 Å². The highest BCUT2D eigenvalue weighted by atomic mass is 16.4. The van der Waals surface area contributed by atoms with E-state index >= 15 is 0 Å². The van der Waals surface area contributed by atoms with Gasteiger partial charge in [-0.15, -0.1) is 0 Å². The number of nitrogens with zero attached hydrogens (tertiary/aromatic N) is 1. The van der Waals surface area contributed by atoms with E-state index in [4.69, 9.17) is 5.11 Å². The molecule has 1 aromatic rings. The first-order valence-electron chi connectivity index (χ1n) is 4.09. The van der Waals surface area contributed by atoms with E-state index in [0.717, 1.165) is 10.8 Å². The molecule has 0 aromatic carbocycles. The Bertz CT molecular complexity index is 457. The highest BCUT2D eigenvalue weighted by molar-refractivity contribution is 5.69. The van der Waals surface area contributed by atoms with Crippen LogP contribution in [0.15, 0.2) is 15.8 Å². The van der Waals surface area contributed by atoms with Crippen LogP contribution in [0.2, 0.25) is 0 Å². The van der Waals surface area contributed by atoms with Crippen molar-refractivity contribution in [1.29, 1.82) is 0 Å². The van der Waals surface area contributed by atoms with Gasteiger partial charge in [-0.1, -0.05) is 0 Å². The summed E-state index contributed by atoms with van der Waals surface area (Å²) in [5, 5.41) is 8.48. The molecule has 0 bridgehead atoms. The molecular formula is C8H10N2O4. The number of aromatic amines is 1. The van der Waals surface area contributed by atoms with E-state index in [2.05, 4.69) is 4.98 Å². The van der Waals surface area contributed by atoms with Crippen molar-refractivity contribution in [2.75, 3.05) is 0 Å². The molecule has 76 valence electrons. The van der Waals surface area contributed by atoms with Gasteiger partial charge in [0.2, 0.25) is 0 Å². The summed E-state index contributed by atoms with van der Waals surface area (Å²) in [7, 11) is 0. The molecule has 0 aliphatic rings. The molecule has 0 radical (unpaired) electrons. The molecule has 0 fully saturated rings. The Morgan fingerprint density at radius 1 is 1.57 bits per heavy atom. The molecule has 1 rings (SSSR count). The highest BCUT2D eigenvalue weighted by Gasteiger charge is 2.08. The number of nitrogens with one attached hydrogen (secondary N) is 1. The van der Waals surface area contributed by atoms with Crippen molar-refractivity contribution in [2.45, 2.75) is 19.9 Å². The normalized spacial score (nSPS) is 10.1. The lowest BCUT2D eigenvalue weighted by Crippen LogP contribution is -2.36. The standard InChI is InChI=1S/C8H10N2O4/c1-2-10-7(13)5(3-6(11)12)4-9-8(10)14/h4H,2-3H2,1H3,(H,9,14)(H,11,12). The van der Waals surface area contributed by atoms with Crippen LogP contribution in [0.5, 0.6) is 0 Å². The Labute approximate surface area is 78.8 Å². The lowest BCUT2D eigenvalue weighted by atomic mass is 10.2. The SMILES string of the molecule is CCn1c(=O)[nH]cc(CC(=O)O)c1=O. The predicted octanol–water partition coefficient (Wildman–Crippen LogP) is -0.816. The Kier molecular flexibility index (Phi) is 2.85. The summed E-state index contributed by atoms with van der Waals surface area (Å²) in [5.41, 5.74) is -0.982. The topological polar surface area (TPSA) is 92.2 Å². The van der Waals surface area contributed by atoms with E-state index < -0.39 is 17.2 Å². The maximum absolute atomic E-state index is 11.4. The van der Waals surface area contributed by atoms with Crippen LogP contribution in [0.4, 0.5) is 0 Å². The lowest BCUT2D eigenvalue weighted by molar-refractivity contribution is -0.136. The molecule has 0 aliphatic heterocycles. The van der Waals surface area contributed by atoms with Crippen molar-refractivity contribution in [3.63, 3.8) is 0 Å². The van der Waals surface area contributed by atoms with Gasteiger partial charge in [-0.05, 0) is 6.92 Å². The molecule has 0 aliphatic carbocycles. The average Bonchev–Trinajstić information content (AvgIpc) is 2.10. The fraction of sp³-hybridized carbons (Fsp3) is 0.375. The minimum Gasteiger partial charge on any atom is -0.481 e. The quantitative estimate of drug-likeness (QED) is 0.664. The number of hydrogen-bond acceptors (Lipinski definition) is 3. The molecule has 0 saturated carbocycles. The highest BCUT2D eigenvalue weighted by Crippen LogP contribution is 1.88. The van der Waals surface area contributed by atoms with Gasteiger partial charge < -0.3 is 10.1 Å². The molecule has 0 atom stereocenters. The fourth-order valence-corrected chi connectivity index (χ4v) is 1.13. The molecule has 0 spiro atoms. The second-order valence-electron chi connectivity index (χ2n) is 2.74. The second-order valence-corrected chi connectivity index (χ2v) is 2.74. The van der Waals surface area contributed by atoms with E-state index in [1.807, 2.05) is 0 Å². The van der Waals surface area contributed by atoms with Crippen molar-refractivity contribution < 1.29 is 9.90 Å².